The van der Waals surface area contributed by atoms with Gasteiger partial charge in [-0.3, -0.25) is 4.79 Å². The van der Waals surface area contributed by atoms with E-state index in [-0.39, 0.29) is 11.6 Å². The van der Waals surface area contributed by atoms with E-state index in [4.69, 9.17) is 0 Å². The van der Waals surface area contributed by atoms with Gasteiger partial charge in [-0.15, -0.1) is 0 Å². The molecule has 4 N–H and O–H groups in total. The Balaban J connectivity index is 1.47. The Hall–Kier alpha value is -3.16. The van der Waals surface area contributed by atoms with Crippen molar-refractivity contribution in [2.45, 2.75) is 38.1 Å². The first-order chi connectivity index (χ1) is 13.2. The van der Waals surface area contributed by atoms with Crippen LogP contribution < -0.4 is 16.0 Å². The standard InChI is InChI=1S/C19H19FN6O/c20-14-9-12(8-10-4-5-15(27)24-16(10)14)23-19-25-17-13(6-7-21-17)18(26-19)22-11-2-1-3-11/h6-9,11H,1-5H2,(H,24,27)(H3,21,22,23,25,26). The number of halogens is 1. The average molecular weight is 366 g/mol. The summed E-state index contributed by atoms with van der Waals surface area (Å²) in [5.74, 6) is 0.552. The first-order valence-corrected chi connectivity index (χ1v) is 9.17. The second-order valence-electron chi connectivity index (χ2n) is 7.07. The van der Waals surface area contributed by atoms with E-state index < -0.39 is 5.82 Å². The van der Waals surface area contributed by atoms with E-state index in [0.29, 0.717) is 30.5 Å². The van der Waals surface area contributed by atoms with Crippen LogP contribution in [0.4, 0.5) is 27.5 Å². The minimum Gasteiger partial charge on any atom is -0.367 e. The van der Waals surface area contributed by atoms with Crippen molar-refractivity contribution < 1.29 is 9.18 Å². The number of fused-ring (bicyclic) bond motifs is 2. The summed E-state index contributed by atoms with van der Waals surface area (Å²) in [7, 11) is 0. The highest BCUT2D eigenvalue weighted by atomic mass is 19.1. The van der Waals surface area contributed by atoms with Gasteiger partial charge in [-0.25, -0.2) is 4.39 Å². The van der Waals surface area contributed by atoms with Crippen LogP contribution in [-0.4, -0.2) is 26.9 Å². The van der Waals surface area contributed by atoms with Crippen molar-refractivity contribution in [3.05, 3.63) is 35.8 Å². The third kappa shape index (κ3) is 2.97. The van der Waals surface area contributed by atoms with Gasteiger partial charge in [0.1, 0.15) is 17.3 Å². The topological polar surface area (TPSA) is 94.7 Å². The molecule has 1 saturated carbocycles. The minimum absolute atomic E-state index is 0.158. The summed E-state index contributed by atoms with van der Waals surface area (Å²) in [4.78, 5) is 23.7. The zero-order valence-electron chi connectivity index (χ0n) is 14.6. The highest BCUT2D eigenvalue weighted by Crippen LogP contribution is 2.31. The first kappa shape index (κ1) is 16.0. The van der Waals surface area contributed by atoms with Crippen molar-refractivity contribution in [3.63, 3.8) is 0 Å². The number of amides is 1. The van der Waals surface area contributed by atoms with Crippen molar-refractivity contribution in [1.82, 2.24) is 15.0 Å². The molecule has 1 fully saturated rings. The third-order valence-corrected chi connectivity index (χ3v) is 5.18. The molecule has 0 atom stereocenters. The Morgan fingerprint density at radius 1 is 1.19 bits per heavy atom. The summed E-state index contributed by atoms with van der Waals surface area (Å²) < 4.78 is 14.4. The molecule has 0 unspecified atom stereocenters. The van der Waals surface area contributed by atoms with Crippen LogP contribution in [0.1, 0.15) is 31.2 Å². The molecule has 0 bridgehead atoms. The molecule has 3 heterocycles. The van der Waals surface area contributed by atoms with Crippen LogP contribution in [0.5, 0.6) is 0 Å². The average Bonchev–Trinajstić information content (AvgIpc) is 3.07. The second-order valence-corrected chi connectivity index (χ2v) is 7.07. The van der Waals surface area contributed by atoms with Crippen molar-refractivity contribution in [2.75, 3.05) is 16.0 Å². The lowest BCUT2D eigenvalue weighted by atomic mass is 9.93. The summed E-state index contributed by atoms with van der Waals surface area (Å²) in [5, 5.41) is 10.1. The number of aromatic nitrogens is 3. The SMILES string of the molecule is O=C1CCc2cc(Nc3nc(NC4CCC4)c4cc[nH]c4n3)cc(F)c2N1. The van der Waals surface area contributed by atoms with E-state index in [9.17, 15) is 9.18 Å². The van der Waals surface area contributed by atoms with Gasteiger partial charge >= 0.3 is 0 Å². The zero-order chi connectivity index (χ0) is 18.4. The molecule has 1 aliphatic carbocycles. The maximum absolute atomic E-state index is 14.4. The number of carbonyl (C=O) groups excluding carboxylic acids is 1. The van der Waals surface area contributed by atoms with E-state index in [1.165, 1.54) is 12.5 Å². The van der Waals surface area contributed by atoms with Gasteiger partial charge in [0.15, 0.2) is 0 Å². The molecular weight excluding hydrogens is 347 g/mol. The van der Waals surface area contributed by atoms with Crippen molar-refractivity contribution in [3.8, 4) is 0 Å². The molecule has 5 rings (SSSR count). The summed E-state index contributed by atoms with van der Waals surface area (Å²) in [6, 6.07) is 5.57. The molecule has 8 heteroatoms. The largest absolute Gasteiger partial charge is 0.367 e. The number of aromatic amines is 1. The van der Waals surface area contributed by atoms with E-state index in [0.717, 1.165) is 35.3 Å². The molecule has 1 aliphatic heterocycles. The van der Waals surface area contributed by atoms with Gasteiger partial charge in [0.2, 0.25) is 11.9 Å². The summed E-state index contributed by atoms with van der Waals surface area (Å²) in [6.07, 6.45) is 6.21. The monoisotopic (exact) mass is 366 g/mol. The molecule has 3 aromatic rings. The van der Waals surface area contributed by atoms with Gasteiger partial charge in [-0.2, -0.15) is 9.97 Å². The predicted molar refractivity (Wildman–Crippen MR) is 102 cm³/mol. The third-order valence-electron chi connectivity index (χ3n) is 5.18. The first-order valence-electron chi connectivity index (χ1n) is 9.17. The van der Waals surface area contributed by atoms with Crippen LogP contribution in [0.25, 0.3) is 11.0 Å². The van der Waals surface area contributed by atoms with Gasteiger partial charge in [0.25, 0.3) is 0 Å². The minimum atomic E-state index is -0.461. The molecular formula is C19H19FN6O. The molecule has 0 radical (unpaired) electrons. The fraction of sp³-hybridized carbons (Fsp3) is 0.316. The Morgan fingerprint density at radius 3 is 2.89 bits per heavy atom. The molecule has 2 aromatic heterocycles. The fourth-order valence-electron chi connectivity index (χ4n) is 3.51. The molecule has 27 heavy (non-hydrogen) atoms. The predicted octanol–water partition coefficient (Wildman–Crippen LogP) is 3.69. The Labute approximate surface area is 154 Å². The van der Waals surface area contributed by atoms with Crippen LogP contribution in [0, 0.1) is 5.82 Å². The highest BCUT2D eigenvalue weighted by Gasteiger charge is 2.21. The van der Waals surface area contributed by atoms with E-state index in [2.05, 4.69) is 30.9 Å². The van der Waals surface area contributed by atoms with Crippen LogP contribution in [0.2, 0.25) is 0 Å². The van der Waals surface area contributed by atoms with Crippen LogP contribution in [0.15, 0.2) is 24.4 Å². The Morgan fingerprint density at radius 2 is 2.07 bits per heavy atom. The van der Waals surface area contributed by atoms with Gasteiger partial charge < -0.3 is 20.9 Å². The summed E-state index contributed by atoms with van der Waals surface area (Å²) in [6.45, 7) is 0. The number of rotatable bonds is 4. The number of nitrogens with zero attached hydrogens (tertiary/aromatic N) is 2. The van der Waals surface area contributed by atoms with Gasteiger partial charge in [-0.05, 0) is 49.4 Å². The zero-order valence-corrected chi connectivity index (χ0v) is 14.6. The summed E-state index contributed by atoms with van der Waals surface area (Å²) >= 11 is 0. The maximum Gasteiger partial charge on any atom is 0.231 e. The number of H-pyrrole nitrogens is 1. The number of anilines is 4. The number of hydrogen-bond acceptors (Lipinski definition) is 5. The van der Waals surface area contributed by atoms with Gasteiger partial charge in [-0.1, -0.05) is 0 Å². The van der Waals surface area contributed by atoms with Gasteiger partial charge in [0, 0.05) is 24.3 Å². The molecule has 7 nitrogen and oxygen atoms in total. The Bertz CT molecular complexity index is 1040. The van der Waals surface area contributed by atoms with Gasteiger partial charge in [0.05, 0.1) is 11.1 Å². The molecule has 0 spiro atoms. The Kier molecular flexibility index (Phi) is 3.70. The number of benzene rings is 1. The smallest absolute Gasteiger partial charge is 0.231 e. The fourth-order valence-corrected chi connectivity index (χ4v) is 3.51. The number of aryl methyl sites for hydroxylation is 1. The maximum atomic E-state index is 14.4. The quantitative estimate of drug-likeness (QED) is 0.565. The van der Waals surface area contributed by atoms with Crippen LogP contribution >= 0.6 is 0 Å². The molecule has 1 amide bonds. The van der Waals surface area contributed by atoms with E-state index >= 15 is 0 Å². The lowest BCUT2D eigenvalue weighted by Crippen LogP contribution is -2.27. The second kappa shape index (κ2) is 6.22. The van der Waals surface area contributed by atoms with E-state index in [1.54, 1.807) is 0 Å². The molecule has 2 aliphatic rings. The van der Waals surface area contributed by atoms with Crippen molar-refractivity contribution in [2.24, 2.45) is 0 Å². The van der Waals surface area contributed by atoms with Crippen LogP contribution in [-0.2, 0) is 11.2 Å². The number of hydrogen-bond donors (Lipinski definition) is 4. The lowest BCUT2D eigenvalue weighted by Gasteiger charge is -2.27. The normalized spacial score (nSPS) is 16.6. The number of carbonyl (C=O) groups is 1. The highest BCUT2D eigenvalue weighted by molar-refractivity contribution is 5.94. The van der Waals surface area contributed by atoms with Crippen molar-refractivity contribution >= 4 is 40.1 Å². The van der Waals surface area contributed by atoms with Crippen LogP contribution in [0.3, 0.4) is 0 Å². The lowest BCUT2D eigenvalue weighted by molar-refractivity contribution is -0.116. The van der Waals surface area contributed by atoms with Crippen molar-refractivity contribution in [1.29, 1.82) is 0 Å². The summed E-state index contributed by atoms with van der Waals surface area (Å²) in [5.41, 5.74) is 2.32. The van der Waals surface area contributed by atoms with E-state index in [1.807, 2.05) is 18.3 Å². The molecule has 138 valence electrons. The molecule has 0 saturated heterocycles. The number of nitrogens with one attached hydrogen (secondary N) is 4. The molecule has 1 aromatic carbocycles.